The minimum atomic E-state index is -0.655. The van der Waals surface area contributed by atoms with Crippen molar-refractivity contribution in [1.29, 1.82) is 0 Å². The Morgan fingerprint density at radius 2 is 2.05 bits per heavy atom. The Kier molecular flexibility index (Phi) is 3.90. The highest BCUT2D eigenvalue weighted by molar-refractivity contribution is 6.33. The Hall–Kier alpha value is -2.14. The fourth-order valence-electron chi connectivity index (χ4n) is 1.98. The first-order valence-electron chi connectivity index (χ1n) is 5.72. The predicted octanol–water partition coefficient (Wildman–Crippen LogP) is 2.73. The summed E-state index contributed by atoms with van der Waals surface area (Å²) in [6, 6.07) is 6.60. The van der Waals surface area contributed by atoms with Crippen molar-refractivity contribution in [2.75, 3.05) is 7.11 Å². The molecule has 0 fully saturated rings. The number of hydrogen-bond acceptors (Lipinski definition) is 3. The molecule has 20 heavy (non-hydrogen) atoms. The number of pyridine rings is 1. The molecule has 1 aromatic carbocycles. The summed E-state index contributed by atoms with van der Waals surface area (Å²) >= 11 is 5.91. The molecule has 0 radical (unpaired) electrons. The minimum absolute atomic E-state index is 0.00648. The van der Waals surface area contributed by atoms with E-state index in [0.29, 0.717) is 11.4 Å². The molecule has 4 nitrogen and oxygen atoms in total. The molecule has 0 spiro atoms. The molecule has 0 aliphatic heterocycles. The van der Waals surface area contributed by atoms with Crippen LogP contribution < -0.4 is 5.56 Å². The number of methoxy groups -OCH3 is 1. The zero-order valence-corrected chi connectivity index (χ0v) is 11.6. The number of ether oxygens (including phenoxy) is 1. The summed E-state index contributed by atoms with van der Waals surface area (Å²) in [5.74, 6) is -1.14. The van der Waals surface area contributed by atoms with E-state index in [-0.39, 0.29) is 10.6 Å². The Morgan fingerprint density at radius 1 is 1.35 bits per heavy atom. The van der Waals surface area contributed by atoms with Crippen molar-refractivity contribution in [1.82, 2.24) is 4.57 Å². The molecule has 0 aliphatic carbocycles. The number of rotatable bonds is 2. The van der Waals surface area contributed by atoms with Gasteiger partial charge in [0.25, 0.3) is 5.56 Å². The maximum atomic E-state index is 13.3. The quantitative estimate of drug-likeness (QED) is 0.800. The third kappa shape index (κ3) is 2.44. The summed E-state index contributed by atoms with van der Waals surface area (Å²) in [4.78, 5) is 23.8. The highest BCUT2D eigenvalue weighted by atomic mass is 35.5. The van der Waals surface area contributed by atoms with Crippen molar-refractivity contribution in [2.45, 2.75) is 6.92 Å². The van der Waals surface area contributed by atoms with Gasteiger partial charge in [-0.25, -0.2) is 9.18 Å². The first kappa shape index (κ1) is 14.3. The number of carbonyl (C=O) groups is 1. The molecule has 1 aromatic heterocycles. The van der Waals surface area contributed by atoms with Gasteiger partial charge in [0.15, 0.2) is 0 Å². The molecule has 0 saturated carbocycles. The Bertz CT molecular complexity index is 740. The summed E-state index contributed by atoms with van der Waals surface area (Å²) in [5.41, 5.74) is 0.234. The molecule has 0 bridgehead atoms. The molecule has 2 rings (SSSR count). The van der Waals surface area contributed by atoms with Crippen LogP contribution in [0.4, 0.5) is 4.39 Å². The Balaban J connectivity index is 2.77. The standard InChI is InChI=1S/C14H11ClFNO3/c1-8-13(14(19)20-2)11(15)7-12(18)17(8)10-5-3-4-9(16)6-10/h3-7H,1-2H3. The van der Waals surface area contributed by atoms with Gasteiger partial charge in [-0.05, 0) is 25.1 Å². The summed E-state index contributed by atoms with van der Waals surface area (Å²) in [6.45, 7) is 1.55. The zero-order chi connectivity index (χ0) is 14.9. The largest absolute Gasteiger partial charge is 0.465 e. The second-order valence-electron chi connectivity index (χ2n) is 4.10. The van der Waals surface area contributed by atoms with Crippen LogP contribution >= 0.6 is 11.6 Å². The molecule has 1 heterocycles. The second-order valence-corrected chi connectivity index (χ2v) is 4.50. The van der Waals surface area contributed by atoms with E-state index in [1.165, 1.54) is 29.9 Å². The first-order chi connectivity index (χ1) is 9.45. The normalized spacial score (nSPS) is 10.4. The fraction of sp³-hybridized carbons (Fsp3) is 0.143. The van der Waals surface area contributed by atoms with E-state index in [0.717, 1.165) is 6.07 Å². The minimum Gasteiger partial charge on any atom is -0.465 e. The van der Waals surface area contributed by atoms with Crippen LogP contribution in [-0.4, -0.2) is 17.6 Å². The van der Waals surface area contributed by atoms with Gasteiger partial charge < -0.3 is 4.74 Å². The van der Waals surface area contributed by atoms with Crippen LogP contribution in [0.25, 0.3) is 5.69 Å². The molecule has 0 N–H and O–H groups in total. The molecular weight excluding hydrogens is 285 g/mol. The number of hydrogen-bond donors (Lipinski definition) is 0. The number of benzene rings is 1. The van der Waals surface area contributed by atoms with E-state index in [2.05, 4.69) is 4.74 Å². The topological polar surface area (TPSA) is 48.3 Å². The van der Waals surface area contributed by atoms with Crippen LogP contribution in [0.3, 0.4) is 0 Å². The van der Waals surface area contributed by atoms with Gasteiger partial charge in [0.2, 0.25) is 0 Å². The fourth-order valence-corrected chi connectivity index (χ4v) is 2.29. The lowest BCUT2D eigenvalue weighted by Crippen LogP contribution is -2.23. The van der Waals surface area contributed by atoms with E-state index < -0.39 is 17.3 Å². The average molecular weight is 296 g/mol. The third-order valence-electron chi connectivity index (χ3n) is 2.86. The number of esters is 1. The van der Waals surface area contributed by atoms with Gasteiger partial charge in [-0.1, -0.05) is 17.7 Å². The Labute approximate surface area is 119 Å². The van der Waals surface area contributed by atoms with Gasteiger partial charge in [0, 0.05) is 11.8 Å². The molecule has 2 aromatic rings. The summed E-state index contributed by atoms with van der Waals surface area (Å²) in [5, 5.41) is 0.00648. The van der Waals surface area contributed by atoms with E-state index in [1.807, 2.05) is 0 Å². The van der Waals surface area contributed by atoms with Crippen LogP contribution in [0, 0.1) is 12.7 Å². The molecule has 104 valence electrons. The van der Waals surface area contributed by atoms with Crippen molar-refractivity contribution < 1.29 is 13.9 Å². The molecule has 0 saturated heterocycles. The van der Waals surface area contributed by atoms with Crippen LogP contribution in [-0.2, 0) is 4.74 Å². The van der Waals surface area contributed by atoms with Crippen LogP contribution in [0.2, 0.25) is 5.02 Å². The SMILES string of the molecule is COC(=O)c1c(Cl)cc(=O)n(-c2cccc(F)c2)c1C. The molecule has 0 atom stereocenters. The van der Waals surface area contributed by atoms with Gasteiger partial charge in [0.1, 0.15) is 5.82 Å². The molecule has 0 unspecified atom stereocenters. The van der Waals surface area contributed by atoms with E-state index >= 15 is 0 Å². The molecule has 0 aliphatic rings. The van der Waals surface area contributed by atoms with Crippen LogP contribution in [0.15, 0.2) is 35.1 Å². The number of halogens is 2. The maximum Gasteiger partial charge on any atom is 0.341 e. The van der Waals surface area contributed by atoms with Gasteiger partial charge in [0.05, 0.1) is 23.4 Å². The summed E-state index contributed by atoms with van der Waals surface area (Å²) < 4.78 is 19.1. The lowest BCUT2D eigenvalue weighted by Gasteiger charge is -2.14. The van der Waals surface area contributed by atoms with Gasteiger partial charge in [-0.3, -0.25) is 9.36 Å². The highest BCUT2D eigenvalue weighted by Crippen LogP contribution is 2.21. The Morgan fingerprint density at radius 3 is 2.65 bits per heavy atom. The van der Waals surface area contributed by atoms with Gasteiger partial charge in [-0.15, -0.1) is 0 Å². The van der Waals surface area contributed by atoms with Crippen molar-refractivity contribution in [3.63, 3.8) is 0 Å². The second kappa shape index (κ2) is 5.46. The predicted molar refractivity (Wildman–Crippen MR) is 73.1 cm³/mol. The van der Waals surface area contributed by atoms with Crippen molar-refractivity contribution in [2.24, 2.45) is 0 Å². The molecule has 0 amide bonds. The monoisotopic (exact) mass is 295 g/mol. The van der Waals surface area contributed by atoms with E-state index in [1.54, 1.807) is 13.0 Å². The van der Waals surface area contributed by atoms with E-state index in [4.69, 9.17) is 11.6 Å². The smallest absolute Gasteiger partial charge is 0.341 e. The maximum absolute atomic E-state index is 13.3. The highest BCUT2D eigenvalue weighted by Gasteiger charge is 2.19. The number of carbonyl (C=O) groups excluding carboxylic acids is 1. The van der Waals surface area contributed by atoms with Crippen LogP contribution in [0.5, 0.6) is 0 Å². The van der Waals surface area contributed by atoms with Crippen molar-refractivity contribution >= 4 is 17.6 Å². The van der Waals surface area contributed by atoms with Gasteiger partial charge in [-0.2, -0.15) is 0 Å². The molecular formula is C14H11ClFNO3. The van der Waals surface area contributed by atoms with Crippen molar-refractivity contribution in [3.8, 4) is 5.69 Å². The molecule has 6 heteroatoms. The van der Waals surface area contributed by atoms with Crippen LogP contribution in [0.1, 0.15) is 16.1 Å². The van der Waals surface area contributed by atoms with Crippen molar-refractivity contribution in [3.05, 3.63) is 62.8 Å². The van der Waals surface area contributed by atoms with E-state index in [9.17, 15) is 14.0 Å². The number of nitrogens with zero attached hydrogens (tertiary/aromatic N) is 1. The number of aromatic nitrogens is 1. The van der Waals surface area contributed by atoms with Gasteiger partial charge >= 0.3 is 5.97 Å². The third-order valence-corrected chi connectivity index (χ3v) is 3.16. The summed E-state index contributed by atoms with van der Waals surface area (Å²) in [6.07, 6.45) is 0. The summed E-state index contributed by atoms with van der Waals surface area (Å²) in [7, 11) is 1.22. The lowest BCUT2D eigenvalue weighted by atomic mass is 10.1. The lowest BCUT2D eigenvalue weighted by molar-refractivity contribution is 0.0599. The average Bonchev–Trinajstić information content (AvgIpc) is 2.37. The first-order valence-corrected chi connectivity index (χ1v) is 6.10. The zero-order valence-electron chi connectivity index (χ0n) is 10.8.